The molecular formula is C31H20FIO2S. The van der Waals surface area contributed by atoms with Crippen LogP contribution in [0.3, 0.4) is 0 Å². The Morgan fingerprint density at radius 1 is 0.611 bits per heavy atom. The molecule has 0 heterocycles. The molecule has 2 nitrogen and oxygen atoms in total. The third-order valence-electron chi connectivity index (χ3n) is 6.88. The largest absolute Gasteiger partial charge is 0.222 e. The summed E-state index contributed by atoms with van der Waals surface area (Å²) in [5.41, 5.74) is 5.64. The van der Waals surface area contributed by atoms with Crippen LogP contribution in [-0.4, -0.2) is 8.42 Å². The molecule has 36 heavy (non-hydrogen) atoms. The molecule has 1 aliphatic rings. The van der Waals surface area contributed by atoms with Gasteiger partial charge < -0.3 is 0 Å². The minimum absolute atomic E-state index is 0.0768. The lowest BCUT2D eigenvalue weighted by Crippen LogP contribution is -2.37. The molecule has 1 aliphatic carbocycles. The van der Waals surface area contributed by atoms with Crippen LogP contribution in [0.1, 0.15) is 16.7 Å². The Labute approximate surface area is 223 Å². The summed E-state index contributed by atoms with van der Waals surface area (Å²) in [5.74, 6) is -0.477. The highest BCUT2D eigenvalue weighted by Gasteiger charge is 2.56. The molecule has 0 saturated carbocycles. The van der Waals surface area contributed by atoms with Crippen molar-refractivity contribution < 1.29 is 12.8 Å². The molecule has 0 N–H and O–H groups in total. The first-order chi connectivity index (χ1) is 17.4. The van der Waals surface area contributed by atoms with Crippen LogP contribution in [0.2, 0.25) is 0 Å². The van der Waals surface area contributed by atoms with Crippen molar-refractivity contribution in [2.24, 2.45) is 0 Å². The van der Waals surface area contributed by atoms with Crippen molar-refractivity contribution in [2.75, 3.05) is 0 Å². The van der Waals surface area contributed by atoms with Crippen LogP contribution in [0.5, 0.6) is 0 Å². The molecule has 1 atom stereocenters. The van der Waals surface area contributed by atoms with Gasteiger partial charge in [-0.05, 0) is 97.9 Å². The van der Waals surface area contributed by atoms with Crippen LogP contribution >= 0.6 is 22.6 Å². The van der Waals surface area contributed by atoms with Crippen molar-refractivity contribution in [3.63, 3.8) is 0 Å². The quantitative estimate of drug-likeness (QED) is 0.155. The maximum atomic E-state index is 14.9. The summed E-state index contributed by atoms with van der Waals surface area (Å²) in [6.07, 6.45) is 0. The molecule has 0 bridgehead atoms. The standard InChI is InChI=1S/C31H20FIO2S/c32-23-15-19-25(20-16-23)36(34,35)31(22-13-17-24(33)18-14-22)29-12-5-4-9-27(29)28-11-6-10-26(30(28)31)21-7-2-1-3-8-21/h1-20H. The zero-order valence-electron chi connectivity index (χ0n) is 19.0. The lowest BCUT2D eigenvalue weighted by Gasteiger charge is -2.34. The summed E-state index contributed by atoms with van der Waals surface area (Å²) < 4.78 is 43.2. The Bertz CT molecular complexity index is 1700. The van der Waals surface area contributed by atoms with E-state index in [0.717, 1.165) is 31.4 Å². The zero-order chi connectivity index (χ0) is 24.9. The molecule has 1 unspecified atom stereocenters. The number of hydrogen-bond donors (Lipinski definition) is 0. The van der Waals surface area contributed by atoms with Crippen LogP contribution < -0.4 is 0 Å². The van der Waals surface area contributed by atoms with Crippen LogP contribution in [0, 0.1) is 9.39 Å². The Hall–Kier alpha value is -3.29. The van der Waals surface area contributed by atoms with Crippen molar-refractivity contribution in [1.29, 1.82) is 0 Å². The molecule has 0 spiro atoms. The third-order valence-corrected chi connectivity index (χ3v) is 9.95. The van der Waals surface area contributed by atoms with Gasteiger partial charge in [0.25, 0.3) is 0 Å². The third kappa shape index (κ3) is 3.29. The number of halogens is 2. The van der Waals surface area contributed by atoms with Gasteiger partial charge in [-0.15, -0.1) is 0 Å². The van der Waals surface area contributed by atoms with E-state index in [-0.39, 0.29) is 4.90 Å². The second-order valence-electron chi connectivity index (χ2n) is 8.79. The predicted octanol–water partition coefficient (Wildman–Crippen LogP) is 7.84. The molecule has 0 aromatic heterocycles. The Kier molecular flexibility index (Phi) is 5.57. The summed E-state index contributed by atoms with van der Waals surface area (Å²) in [4.78, 5) is 0.0768. The molecule has 5 heteroatoms. The topological polar surface area (TPSA) is 34.1 Å². The molecule has 176 valence electrons. The van der Waals surface area contributed by atoms with Gasteiger partial charge in [0.1, 0.15) is 5.82 Å². The maximum absolute atomic E-state index is 14.9. The van der Waals surface area contributed by atoms with Crippen molar-refractivity contribution in [3.05, 3.63) is 147 Å². The molecule has 0 fully saturated rings. The minimum Gasteiger partial charge on any atom is -0.222 e. The summed E-state index contributed by atoms with van der Waals surface area (Å²) in [7, 11) is -4.11. The van der Waals surface area contributed by atoms with Gasteiger partial charge in [0.2, 0.25) is 0 Å². The monoisotopic (exact) mass is 602 g/mol. The van der Waals surface area contributed by atoms with Gasteiger partial charge in [-0.2, -0.15) is 0 Å². The smallest absolute Gasteiger partial charge is 0.196 e. The summed E-state index contributed by atoms with van der Waals surface area (Å²) >= 11 is 2.23. The van der Waals surface area contributed by atoms with Gasteiger partial charge in [-0.1, -0.05) is 84.9 Å². The molecule has 0 radical (unpaired) electrons. The van der Waals surface area contributed by atoms with Crippen molar-refractivity contribution >= 4 is 32.4 Å². The van der Waals surface area contributed by atoms with Gasteiger partial charge in [-0.25, -0.2) is 12.8 Å². The van der Waals surface area contributed by atoms with E-state index in [2.05, 4.69) is 22.6 Å². The van der Waals surface area contributed by atoms with E-state index in [1.54, 1.807) is 0 Å². The summed E-state index contributed by atoms with van der Waals surface area (Å²) in [6.45, 7) is 0. The molecule has 5 aromatic rings. The number of benzene rings is 5. The van der Waals surface area contributed by atoms with E-state index in [9.17, 15) is 12.8 Å². The fraction of sp³-hybridized carbons (Fsp3) is 0.0323. The van der Waals surface area contributed by atoms with Gasteiger partial charge in [0.05, 0.1) is 4.90 Å². The number of fused-ring (bicyclic) bond motifs is 3. The first-order valence-corrected chi connectivity index (χ1v) is 14.1. The zero-order valence-corrected chi connectivity index (χ0v) is 22.0. The van der Waals surface area contributed by atoms with E-state index >= 15 is 0 Å². The molecule has 5 aromatic carbocycles. The van der Waals surface area contributed by atoms with E-state index < -0.39 is 20.4 Å². The fourth-order valence-electron chi connectivity index (χ4n) is 5.38. The fourth-order valence-corrected chi connectivity index (χ4v) is 7.99. The Morgan fingerprint density at radius 3 is 1.94 bits per heavy atom. The summed E-state index contributed by atoms with van der Waals surface area (Å²) in [5, 5.41) is 0. The predicted molar refractivity (Wildman–Crippen MR) is 150 cm³/mol. The van der Waals surface area contributed by atoms with Gasteiger partial charge in [0.15, 0.2) is 14.6 Å². The SMILES string of the molecule is O=S(=O)(c1ccc(F)cc1)C1(c2ccc(I)cc2)c2ccccc2-c2cccc(-c3ccccc3)c21. The highest BCUT2D eigenvalue weighted by Crippen LogP contribution is 2.59. The lowest BCUT2D eigenvalue weighted by atomic mass is 9.84. The first kappa shape index (κ1) is 23.1. The highest BCUT2D eigenvalue weighted by atomic mass is 127. The van der Waals surface area contributed by atoms with E-state index in [1.165, 1.54) is 24.3 Å². The van der Waals surface area contributed by atoms with Crippen LogP contribution in [0.25, 0.3) is 22.3 Å². The maximum Gasteiger partial charge on any atom is 0.196 e. The van der Waals surface area contributed by atoms with Crippen molar-refractivity contribution in [3.8, 4) is 22.3 Å². The van der Waals surface area contributed by atoms with Crippen molar-refractivity contribution in [1.82, 2.24) is 0 Å². The molecule has 0 amide bonds. The van der Waals surface area contributed by atoms with E-state index in [4.69, 9.17) is 0 Å². The average Bonchev–Trinajstić information content (AvgIpc) is 3.22. The lowest BCUT2D eigenvalue weighted by molar-refractivity contribution is 0.573. The second-order valence-corrected chi connectivity index (χ2v) is 12.1. The highest BCUT2D eigenvalue weighted by molar-refractivity contribution is 14.1. The normalized spacial score (nSPS) is 16.4. The van der Waals surface area contributed by atoms with Gasteiger partial charge in [0, 0.05) is 3.57 Å². The minimum atomic E-state index is -4.11. The molecule has 0 aliphatic heterocycles. The number of sulfone groups is 1. The van der Waals surface area contributed by atoms with E-state index in [1.807, 2.05) is 97.1 Å². The molecule has 6 rings (SSSR count). The second kappa shape index (κ2) is 8.68. The van der Waals surface area contributed by atoms with Gasteiger partial charge >= 0.3 is 0 Å². The van der Waals surface area contributed by atoms with Crippen LogP contribution in [0.4, 0.5) is 4.39 Å². The molecular weight excluding hydrogens is 582 g/mol. The van der Waals surface area contributed by atoms with Crippen molar-refractivity contribution in [2.45, 2.75) is 9.64 Å². The van der Waals surface area contributed by atoms with E-state index in [0.29, 0.717) is 11.1 Å². The van der Waals surface area contributed by atoms with Crippen LogP contribution in [0.15, 0.2) is 126 Å². The van der Waals surface area contributed by atoms with Crippen LogP contribution in [-0.2, 0) is 14.6 Å². The van der Waals surface area contributed by atoms with Gasteiger partial charge in [-0.3, -0.25) is 0 Å². The Morgan fingerprint density at radius 2 is 1.22 bits per heavy atom. The summed E-state index contributed by atoms with van der Waals surface area (Å²) in [6, 6.07) is 36.3. The number of rotatable bonds is 4. The molecule has 0 saturated heterocycles. The number of hydrogen-bond acceptors (Lipinski definition) is 2. The first-order valence-electron chi connectivity index (χ1n) is 11.5. The average molecular weight is 602 g/mol. The Balaban J connectivity index is 1.82.